The van der Waals surface area contributed by atoms with E-state index in [9.17, 15) is 4.79 Å². The molecule has 2 N–H and O–H groups in total. The maximum Gasteiger partial charge on any atom is 0.277 e. The van der Waals surface area contributed by atoms with Crippen molar-refractivity contribution in [1.82, 2.24) is 9.78 Å². The van der Waals surface area contributed by atoms with Gasteiger partial charge in [0.25, 0.3) is 5.56 Å². The van der Waals surface area contributed by atoms with Crippen LogP contribution in [0, 0.1) is 0 Å². The number of fused-ring (bicyclic) bond motifs is 1. The number of aromatic nitrogens is 2. The minimum atomic E-state index is -0.117. The van der Waals surface area contributed by atoms with Crippen LogP contribution in [0.3, 0.4) is 0 Å². The first-order valence-corrected chi connectivity index (χ1v) is 7.32. The third-order valence-electron chi connectivity index (χ3n) is 3.24. The SMILES string of the molecule is CC(C)n1nc(-c2ccccc2)c2csc(N)c2c1=O. The van der Waals surface area contributed by atoms with E-state index in [0.29, 0.717) is 10.4 Å². The van der Waals surface area contributed by atoms with Gasteiger partial charge in [0.1, 0.15) is 0 Å². The third kappa shape index (κ3) is 1.91. The molecule has 2 heterocycles. The summed E-state index contributed by atoms with van der Waals surface area (Å²) in [6.45, 7) is 3.88. The summed E-state index contributed by atoms with van der Waals surface area (Å²) in [4.78, 5) is 12.5. The summed E-state index contributed by atoms with van der Waals surface area (Å²) in [6, 6.07) is 9.86. The number of nitrogens with zero attached hydrogens (tertiary/aromatic N) is 2. The van der Waals surface area contributed by atoms with Crippen molar-refractivity contribution >= 4 is 27.1 Å². The number of nitrogen functional groups attached to an aromatic ring is 1. The topological polar surface area (TPSA) is 60.9 Å². The van der Waals surface area contributed by atoms with E-state index >= 15 is 0 Å². The highest BCUT2D eigenvalue weighted by Crippen LogP contribution is 2.32. The van der Waals surface area contributed by atoms with Crippen molar-refractivity contribution in [3.8, 4) is 11.3 Å². The quantitative estimate of drug-likeness (QED) is 0.786. The maximum absolute atomic E-state index is 12.5. The Labute approximate surface area is 120 Å². The van der Waals surface area contributed by atoms with E-state index in [0.717, 1.165) is 16.6 Å². The average Bonchev–Trinajstić information content (AvgIpc) is 2.83. The molecule has 0 fully saturated rings. The highest BCUT2D eigenvalue weighted by molar-refractivity contribution is 7.15. The van der Waals surface area contributed by atoms with Crippen LogP contribution in [0.25, 0.3) is 22.0 Å². The van der Waals surface area contributed by atoms with Gasteiger partial charge in [-0.1, -0.05) is 30.3 Å². The zero-order chi connectivity index (χ0) is 14.3. The molecular weight excluding hydrogens is 270 g/mol. The Morgan fingerprint density at radius 1 is 1.25 bits per heavy atom. The Balaban J connectivity index is 2.43. The molecule has 0 aliphatic heterocycles. The summed E-state index contributed by atoms with van der Waals surface area (Å²) >= 11 is 1.39. The molecule has 20 heavy (non-hydrogen) atoms. The van der Waals surface area contributed by atoms with Crippen molar-refractivity contribution in [2.75, 3.05) is 5.73 Å². The normalized spacial score (nSPS) is 11.3. The summed E-state index contributed by atoms with van der Waals surface area (Å²) < 4.78 is 1.51. The summed E-state index contributed by atoms with van der Waals surface area (Å²) in [6.07, 6.45) is 0. The molecule has 1 aromatic carbocycles. The second kappa shape index (κ2) is 4.76. The number of thiophene rings is 1. The van der Waals surface area contributed by atoms with Crippen molar-refractivity contribution in [2.45, 2.75) is 19.9 Å². The third-order valence-corrected chi connectivity index (χ3v) is 4.05. The van der Waals surface area contributed by atoms with Gasteiger partial charge in [0.15, 0.2) is 0 Å². The molecule has 102 valence electrons. The highest BCUT2D eigenvalue weighted by Gasteiger charge is 2.17. The van der Waals surface area contributed by atoms with Crippen LogP contribution in [0.2, 0.25) is 0 Å². The van der Waals surface area contributed by atoms with Crippen LogP contribution in [-0.2, 0) is 0 Å². The fraction of sp³-hybridized carbons (Fsp3) is 0.200. The molecule has 0 radical (unpaired) electrons. The summed E-state index contributed by atoms with van der Waals surface area (Å²) in [5.74, 6) is 0. The second-order valence-electron chi connectivity index (χ2n) is 4.95. The monoisotopic (exact) mass is 285 g/mol. The van der Waals surface area contributed by atoms with Gasteiger partial charge >= 0.3 is 0 Å². The second-order valence-corrected chi connectivity index (χ2v) is 5.86. The van der Waals surface area contributed by atoms with Crippen molar-refractivity contribution in [3.05, 3.63) is 46.1 Å². The van der Waals surface area contributed by atoms with E-state index in [2.05, 4.69) is 5.10 Å². The number of hydrogen-bond acceptors (Lipinski definition) is 4. The van der Waals surface area contributed by atoms with E-state index in [1.54, 1.807) is 0 Å². The molecular formula is C15H15N3OS. The molecule has 0 spiro atoms. The van der Waals surface area contributed by atoms with Crippen LogP contribution >= 0.6 is 11.3 Å². The van der Waals surface area contributed by atoms with Crippen molar-refractivity contribution in [1.29, 1.82) is 0 Å². The molecule has 0 bridgehead atoms. The van der Waals surface area contributed by atoms with Crippen LogP contribution < -0.4 is 11.3 Å². The summed E-state index contributed by atoms with van der Waals surface area (Å²) in [5, 5.41) is 8.42. The van der Waals surface area contributed by atoms with Gasteiger partial charge in [0.2, 0.25) is 0 Å². The lowest BCUT2D eigenvalue weighted by atomic mass is 10.1. The summed E-state index contributed by atoms with van der Waals surface area (Å²) in [5.41, 5.74) is 7.65. The maximum atomic E-state index is 12.5. The van der Waals surface area contributed by atoms with Crippen LogP contribution in [0.4, 0.5) is 5.00 Å². The number of rotatable bonds is 2. The van der Waals surface area contributed by atoms with E-state index < -0.39 is 0 Å². The van der Waals surface area contributed by atoms with Gasteiger partial charge in [-0.15, -0.1) is 11.3 Å². The van der Waals surface area contributed by atoms with E-state index in [1.165, 1.54) is 16.0 Å². The predicted octanol–water partition coefficient (Wildman–Crippen LogP) is 3.29. The fourth-order valence-electron chi connectivity index (χ4n) is 2.25. The number of anilines is 1. The zero-order valence-corrected chi connectivity index (χ0v) is 12.1. The Hall–Kier alpha value is -2.14. The van der Waals surface area contributed by atoms with Crippen LogP contribution in [-0.4, -0.2) is 9.78 Å². The lowest BCUT2D eigenvalue weighted by Gasteiger charge is -2.12. The first-order valence-electron chi connectivity index (χ1n) is 6.44. The van der Waals surface area contributed by atoms with Crippen LogP contribution in [0.5, 0.6) is 0 Å². The van der Waals surface area contributed by atoms with E-state index in [4.69, 9.17) is 5.73 Å². The first kappa shape index (κ1) is 12.9. The summed E-state index contributed by atoms with van der Waals surface area (Å²) in [7, 11) is 0. The molecule has 0 unspecified atom stereocenters. The van der Waals surface area contributed by atoms with Gasteiger partial charge in [-0.2, -0.15) is 5.10 Å². The van der Waals surface area contributed by atoms with Gasteiger partial charge < -0.3 is 5.73 Å². The minimum absolute atomic E-state index is 0.00587. The molecule has 3 rings (SSSR count). The Kier molecular flexibility index (Phi) is 3.06. The first-order chi connectivity index (χ1) is 9.59. The van der Waals surface area contributed by atoms with E-state index in [-0.39, 0.29) is 11.6 Å². The molecule has 2 aromatic heterocycles. The average molecular weight is 285 g/mol. The molecule has 4 nitrogen and oxygen atoms in total. The molecule has 0 atom stereocenters. The Morgan fingerprint density at radius 3 is 2.60 bits per heavy atom. The molecule has 5 heteroatoms. The zero-order valence-electron chi connectivity index (χ0n) is 11.3. The number of hydrogen-bond donors (Lipinski definition) is 1. The molecule has 0 aliphatic carbocycles. The largest absolute Gasteiger partial charge is 0.390 e. The van der Waals surface area contributed by atoms with Crippen LogP contribution in [0.15, 0.2) is 40.5 Å². The van der Waals surface area contributed by atoms with Crippen molar-refractivity contribution in [2.24, 2.45) is 0 Å². The highest BCUT2D eigenvalue weighted by atomic mass is 32.1. The standard InChI is InChI=1S/C15H15N3OS/c1-9(2)18-15(19)12-11(8-20-14(12)16)13(17-18)10-6-4-3-5-7-10/h3-9H,16H2,1-2H3. The van der Waals surface area contributed by atoms with Gasteiger partial charge in [-0.25, -0.2) is 4.68 Å². The predicted molar refractivity (Wildman–Crippen MR) is 84.1 cm³/mol. The van der Waals surface area contributed by atoms with Gasteiger partial charge in [0, 0.05) is 16.3 Å². The molecule has 3 aromatic rings. The van der Waals surface area contributed by atoms with Crippen LogP contribution in [0.1, 0.15) is 19.9 Å². The lowest BCUT2D eigenvalue weighted by Crippen LogP contribution is -2.25. The van der Waals surface area contributed by atoms with Gasteiger partial charge in [0.05, 0.1) is 22.1 Å². The van der Waals surface area contributed by atoms with Crippen molar-refractivity contribution in [3.63, 3.8) is 0 Å². The van der Waals surface area contributed by atoms with Crippen molar-refractivity contribution < 1.29 is 0 Å². The number of nitrogens with two attached hydrogens (primary N) is 1. The number of benzene rings is 1. The van der Waals surface area contributed by atoms with Gasteiger partial charge in [-0.05, 0) is 13.8 Å². The molecule has 0 aliphatic rings. The Morgan fingerprint density at radius 2 is 1.95 bits per heavy atom. The lowest BCUT2D eigenvalue weighted by molar-refractivity contribution is 0.510. The van der Waals surface area contributed by atoms with Gasteiger partial charge in [-0.3, -0.25) is 4.79 Å². The molecule has 0 saturated carbocycles. The minimum Gasteiger partial charge on any atom is -0.390 e. The smallest absolute Gasteiger partial charge is 0.277 e. The van der Waals surface area contributed by atoms with E-state index in [1.807, 2.05) is 49.6 Å². The Bertz CT molecular complexity index is 818. The molecule has 0 amide bonds. The fourth-order valence-corrected chi connectivity index (χ4v) is 3.04. The molecule has 0 saturated heterocycles.